The molecule has 1 heteroatoms. The molecule has 0 heterocycles. The Kier molecular flexibility index (Phi) is 4.54. The van der Waals surface area contributed by atoms with E-state index in [1.54, 1.807) is 0 Å². The van der Waals surface area contributed by atoms with Crippen LogP contribution in [0.25, 0.3) is 11.1 Å². The number of benzene rings is 2. The molecule has 1 N–H and O–H groups in total. The maximum atomic E-state index is 9.79. The van der Waals surface area contributed by atoms with Gasteiger partial charge in [0.15, 0.2) is 0 Å². The Balaban J connectivity index is 2.06. The lowest BCUT2D eigenvalue weighted by Gasteiger charge is -2.09. The SMILES string of the molecule is CCCC(O)Cc1ccc(-c2ccccc2)cc1. The first-order valence-electron chi connectivity index (χ1n) is 6.62. The fourth-order valence-electron chi connectivity index (χ4n) is 2.17. The molecule has 0 aromatic heterocycles. The number of hydrogen-bond donors (Lipinski definition) is 1. The zero-order valence-electron chi connectivity index (χ0n) is 10.8. The summed E-state index contributed by atoms with van der Waals surface area (Å²) < 4.78 is 0. The van der Waals surface area contributed by atoms with Crippen LogP contribution in [0.4, 0.5) is 0 Å². The van der Waals surface area contributed by atoms with Crippen molar-refractivity contribution in [3.63, 3.8) is 0 Å². The van der Waals surface area contributed by atoms with Gasteiger partial charge in [0.1, 0.15) is 0 Å². The van der Waals surface area contributed by atoms with Crippen molar-refractivity contribution < 1.29 is 5.11 Å². The lowest BCUT2D eigenvalue weighted by atomic mass is 10.0. The maximum Gasteiger partial charge on any atom is 0.0580 e. The molecule has 0 saturated heterocycles. The van der Waals surface area contributed by atoms with Gasteiger partial charge >= 0.3 is 0 Å². The van der Waals surface area contributed by atoms with Gasteiger partial charge in [-0.15, -0.1) is 0 Å². The highest BCUT2D eigenvalue weighted by Gasteiger charge is 2.04. The van der Waals surface area contributed by atoms with E-state index in [0.717, 1.165) is 19.3 Å². The molecule has 1 nitrogen and oxygen atoms in total. The molecule has 0 bridgehead atoms. The molecule has 0 aliphatic heterocycles. The van der Waals surface area contributed by atoms with Crippen molar-refractivity contribution in [1.29, 1.82) is 0 Å². The highest BCUT2D eigenvalue weighted by Crippen LogP contribution is 2.20. The molecular formula is C17H20O. The van der Waals surface area contributed by atoms with Gasteiger partial charge in [0.25, 0.3) is 0 Å². The van der Waals surface area contributed by atoms with E-state index in [-0.39, 0.29) is 6.10 Å². The fraction of sp³-hybridized carbons (Fsp3) is 0.294. The van der Waals surface area contributed by atoms with Gasteiger partial charge in [-0.25, -0.2) is 0 Å². The molecule has 0 amide bonds. The molecule has 0 fully saturated rings. The minimum atomic E-state index is -0.211. The molecule has 18 heavy (non-hydrogen) atoms. The number of rotatable bonds is 5. The van der Waals surface area contributed by atoms with Crippen molar-refractivity contribution in [2.45, 2.75) is 32.3 Å². The van der Waals surface area contributed by atoms with Gasteiger partial charge in [-0.05, 0) is 29.5 Å². The smallest absolute Gasteiger partial charge is 0.0580 e. The molecule has 0 radical (unpaired) electrons. The van der Waals surface area contributed by atoms with Gasteiger partial charge < -0.3 is 5.11 Å². The topological polar surface area (TPSA) is 20.2 Å². The van der Waals surface area contributed by atoms with E-state index in [1.165, 1.54) is 16.7 Å². The highest BCUT2D eigenvalue weighted by atomic mass is 16.3. The van der Waals surface area contributed by atoms with Crippen molar-refractivity contribution in [2.24, 2.45) is 0 Å². The predicted octanol–water partition coefficient (Wildman–Crippen LogP) is 4.06. The molecule has 1 unspecified atom stereocenters. The molecular weight excluding hydrogens is 220 g/mol. The minimum Gasteiger partial charge on any atom is -0.393 e. The Morgan fingerprint density at radius 3 is 2.11 bits per heavy atom. The van der Waals surface area contributed by atoms with E-state index in [0.29, 0.717) is 0 Å². The van der Waals surface area contributed by atoms with E-state index >= 15 is 0 Å². The largest absolute Gasteiger partial charge is 0.393 e. The van der Waals surface area contributed by atoms with Gasteiger partial charge in [0.2, 0.25) is 0 Å². The van der Waals surface area contributed by atoms with Gasteiger partial charge in [0, 0.05) is 0 Å². The Morgan fingerprint density at radius 1 is 0.889 bits per heavy atom. The third kappa shape index (κ3) is 3.44. The quantitative estimate of drug-likeness (QED) is 0.835. The van der Waals surface area contributed by atoms with Gasteiger partial charge in [0.05, 0.1) is 6.10 Å². The second-order valence-corrected chi connectivity index (χ2v) is 4.71. The zero-order valence-corrected chi connectivity index (χ0v) is 10.8. The van der Waals surface area contributed by atoms with Crippen LogP contribution in [-0.2, 0) is 6.42 Å². The summed E-state index contributed by atoms with van der Waals surface area (Å²) in [6, 6.07) is 18.8. The number of aliphatic hydroxyl groups is 1. The molecule has 2 rings (SSSR count). The van der Waals surface area contributed by atoms with E-state index in [1.807, 2.05) is 18.2 Å². The third-order valence-corrected chi connectivity index (χ3v) is 3.15. The lowest BCUT2D eigenvalue weighted by molar-refractivity contribution is 0.164. The molecule has 0 saturated carbocycles. The first-order valence-corrected chi connectivity index (χ1v) is 6.62. The van der Waals surface area contributed by atoms with Gasteiger partial charge in [-0.3, -0.25) is 0 Å². The Hall–Kier alpha value is -1.60. The molecule has 2 aromatic rings. The predicted molar refractivity (Wildman–Crippen MR) is 76.5 cm³/mol. The van der Waals surface area contributed by atoms with Crippen molar-refractivity contribution >= 4 is 0 Å². The molecule has 1 atom stereocenters. The van der Waals surface area contributed by atoms with Crippen LogP contribution in [0.15, 0.2) is 54.6 Å². The Bertz CT molecular complexity index is 459. The first-order chi connectivity index (χ1) is 8.79. The van der Waals surface area contributed by atoms with E-state index < -0.39 is 0 Å². The standard InChI is InChI=1S/C17H20O/c1-2-6-17(18)13-14-9-11-16(12-10-14)15-7-4-3-5-8-15/h3-5,7-12,17-18H,2,6,13H2,1H3. The number of aliphatic hydroxyl groups excluding tert-OH is 1. The van der Waals surface area contributed by atoms with Crippen LogP contribution in [0.3, 0.4) is 0 Å². The average Bonchev–Trinajstić information content (AvgIpc) is 2.41. The summed E-state index contributed by atoms with van der Waals surface area (Å²) in [5.74, 6) is 0. The van der Waals surface area contributed by atoms with Crippen molar-refractivity contribution in [3.05, 3.63) is 60.2 Å². The number of hydrogen-bond acceptors (Lipinski definition) is 1. The first kappa shape index (κ1) is 12.8. The van der Waals surface area contributed by atoms with Crippen LogP contribution in [-0.4, -0.2) is 11.2 Å². The van der Waals surface area contributed by atoms with Crippen LogP contribution in [0.2, 0.25) is 0 Å². The van der Waals surface area contributed by atoms with Crippen LogP contribution in [0, 0.1) is 0 Å². The van der Waals surface area contributed by atoms with E-state index in [9.17, 15) is 5.11 Å². The van der Waals surface area contributed by atoms with Crippen molar-refractivity contribution in [1.82, 2.24) is 0 Å². The summed E-state index contributed by atoms with van der Waals surface area (Å²) in [5, 5.41) is 9.79. The second-order valence-electron chi connectivity index (χ2n) is 4.71. The van der Waals surface area contributed by atoms with Gasteiger partial charge in [-0.1, -0.05) is 67.9 Å². The molecule has 2 aromatic carbocycles. The third-order valence-electron chi connectivity index (χ3n) is 3.15. The maximum absolute atomic E-state index is 9.79. The van der Waals surface area contributed by atoms with Crippen molar-refractivity contribution in [2.75, 3.05) is 0 Å². The Morgan fingerprint density at radius 2 is 1.50 bits per heavy atom. The van der Waals surface area contributed by atoms with Crippen LogP contribution in [0.5, 0.6) is 0 Å². The Labute approximate surface area is 109 Å². The summed E-state index contributed by atoms with van der Waals surface area (Å²) >= 11 is 0. The second kappa shape index (κ2) is 6.36. The normalized spacial score (nSPS) is 12.3. The lowest BCUT2D eigenvalue weighted by Crippen LogP contribution is -2.09. The summed E-state index contributed by atoms with van der Waals surface area (Å²) in [5.41, 5.74) is 3.66. The van der Waals surface area contributed by atoms with E-state index in [2.05, 4.69) is 43.3 Å². The molecule has 0 aliphatic carbocycles. The minimum absolute atomic E-state index is 0.211. The summed E-state index contributed by atoms with van der Waals surface area (Å²) in [6.07, 6.45) is 2.45. The van der Waals surface area contributed by atoms with E-state index in [4.69, 9.17) is 0 Å². The van der Waals surface area contributed by atoms with Crippen molar-refractivity contribution in [3.8, 4) is 11.1 Å². The van der Waals surface area contributed by atoms with Crippen LogP contribution in [0.1, 0.15) is 25.3 Å². The summed E-state index contributed by atoms with van der Waals surface area (Å²) in [6.45, 7) is 2.10. The molecule has 0 aliphatic rings. The highest BCUT2D eigenvalue weighted by molar-refractivity contribution is 5.63. The van der Waals surface area contributed by atoms with Crippen LogP contribution >= 0.6 is 0 Å². The summed E-state index contributed by atoms with van der Waals surface area (Å²) in [7, 11) is 0. The molecule has 94 valence electrons. The van der Waals surface area contributed by atoms with Crippen LogP contribution < -0.4 is 0 Å². The summed E-state index contributed by atoms with van der Waals surface area (Å²) in [4.78, 5) is 0. The molecule has 0 spiro atoms. The fourth-order valence-corrected chi connectivity index (χ4v) is 2.17. The average molecular weight is 240 g/mol. The van der Waals surface area contributed by atoms with Gasteiger partial charge in [-0.2, -0.15) is 0 Å². The zero-order chi connectivity index (χ0) is 12.8. The monoisotopic (exact) mass is 240 g/mol.